The number of nitrogens with one attached hydrogen (secondary N) is 2. The van der Waals surface area contributed by atoms with E-state index in [1.54, 1.807) is 0 Å². The average molecular weight is 284 g/mol. The van der Waals surface area contributed by atoms with Crippen LogP contribution in [0.5, 0.6) is 0 Å². The summed E-state index contributed by atoms with van der Waals surface area (Å²) in [4.78, 5) is 11.6. The SMILES string of the molecule is O=C(CCNC1CCOC2(CCSC2)C1)NC1CC1. The molecule has 2 N–H and O–H groups in total. The van der Waals surface area contributed by atoms with Crippen molar-refractivity contribution in [2.24, 2.45) is 0 Å². The topological polar surface area (TPSA) is 50.4 Å². The summed E-state index contributed by atoms with van der Waals surface area (Å²) < 4.78 is 6.00. The maximum absolute atomic E-state index is 11.6. The molecule has 0 aromatic rings. The highest BCUT2D eigenvalue weighted by atomic mass is 32.2. The van der Waals surface area contributed by atoms with Crippen molar-refractivity contribution in [1.29, 1.82) is 0 Å². The fourth-order valence-electron chi connectivity index (χ4n) is 2.98. The minimum absolute atomic E-state index is 0.136. The van der Waals surface area contributed by atoms with E-state index in [0.717, 1.165) is 31.7 Å². The lowest BCUT2D eigenvalue weighted by Crippen LogP contribution is -2.47. The molecular formula is C14H24N2O2S. The summed E-state index contributed by atoms with van der Waals surface area (Å²) in [5, 5.41) is 6.58. The molecule has 0 aromatic heterocycles. The molecule has 5 heteroatoms. The Morgan fingerprint density at radius 2 is 2.21 bits per heavy atom. The van der Waals surface area contributed by atoms with Crippen LogP contribution in [0.3, 0.4) is 0 Å². The van der Waals surface area contributed by atoms with Crippen LogP contribution < -0.4 is 10.6 Å². The third-order valence-corrected chi connectivity index (χ3v) is 5.51. The minimum Gasteiger partial charge on any atom is -0.374 e. The quantitative estimate of drug-likeness (QED) is 0.799. The summed E-state index contributed by atoms with van der Waals surface area (Å²) in [6.07, 6.45) is 6.33. The molecule has 3 aliphatic rings. The predicted octanol–water partition coefficient (Wildman–Crippen LogP) is 1.30. The molecule has 2 heterocycles. The van der Waals surface area contributed by atoms with Gasteiger partial charge in [-0.15, -0.1) is 0 Å². The van der Waals surface area contributed by atoms with E-state index < -0.39 is 0 Å². The Hall–Kier alpha value is -0.260. The molecule has 1 saturated carbocycles. The average Bonchev–Trinajstić information content (AvgIpc) is 3.09. The Morgan fingerprint density at radius 3 is 2.95 bits per heavy atom. The lowest BCUT2D eigenvalue weighted by atomic mass is 9.90. The standard InChI is InChI=1S/C14H24N2O2S/c17-13(16-11-1-2-11)3-6-15-12-4-7-18-14(9-12)5-8-19-10-14/h11-12,15H,1-10H2,(H,16,17). The normalized spacial score (nSPS) is 34.6. The van der Waals surface area contributed by atoms with Crippen LogP contribution in [-0.4, -0.2) is 48.2 Å². The second-order valence-corrected chi connectivity index (χ2v) is 7.17. The van der Waals surface area contributed by atoms with Gasteiger partial charge in [0.2, 0.25) is 5.91 Å². The van der Waals surface area contributed by atoms with Crippen molar-refractivity contribution in [3.63, 3.8) is 0 Å². The molecule has 4 nitrogen and oxygen atoms in total. The first-order valence-corrected chi connectivity index (χ1v) is 8.66. The Bertz CT molecular complexity index is 327. The second kappa shape index (κ2) is 6.02. The molecule has 0 aromatic carbocycles. The van der Waals surface area contributed by atoms with Gasteiger partial charge in [0.15, 0.2) is 0 Å². The molecule has 0 bridgehead atoms. The van der Waals surface area contributed by atoms with Crippen molar-refractivity contribution < 1.29 is 9.53 Å². The summed E-state index contributed by atoms with van der Waals surface area (Å²) in [5.74, 6) is 2.58. The van der Waals surface area contributed by atoms with Gasteiger partial charge < -0.3 is 15.4 Å². The Balaban J connectivity index is 1.36. The molecule has 108 valence electrons. The molecule has 3 rings (SSSR count). The minimum atomic E-state index is 0.136. The molecule has 2 aliphatic heterocycles. The zero-order chi connectivity index (χ0) is 13.1. The van der Waals surface area contributed by atoms with Crippen LogP contribution >= 0.6 is 11.8 Å². The molecule has 1 spiro atoms. The van der Waals surface area contributed by atoms with Crippen LogP contribution in [0.25, 0.3) is 0 Å². The van der Waals surface area contributed by atoms with Gasteiger partial charge in [0.25, 0.3) is 0 Å². The van der Waals surface area contributed by atoms with Gasteiger partial charge in [-0.2, -0.15) is 11.8 Å². The van der Waals surface area contributed by atoms with Crippen LogP contribution in [0.15, 0.2) is 0 Å². The third kappa shape index (κ3) is 3.86. The largest absolute Gasteiger partial charge is 0.374 e. The summed E-state index contributed by atoms with van der Waals surface area (Å²) in [5.41, 5.74) is 0.136. The number of carbonyl (C=O) groups excluding carboxylic acids is 1. The first kappa shape index (κ1) is 13.7. The van der Waals surface area contributed by atoms with Gasteiger partial charge in [0.05, 0.1) is 5.60 Å². The van der Waals surface area contributed by atoms with Gasteiger partial charge in [-0.05, 0) is 37.9 Å². The van der Waals surface area contributed by atoms with Crippen LogP contribution in [0.4, 0.5) is 0 Å². The van der Waals surface area contributed by atoms with Crippen LogP contribution in [-0.2, 0) is 9.53 Å². The van der Waals surface area contributed by atoms with Crippen molar-refractivity contribution in [3.05, 3.63) is 0 Å². The first-order chi connectivity index (χ1) is 9.26. The van der Waals surface area contributed by atoms with E-state index in [1.807, 2.05) is 11.8 Å². The number of ether oxygens (including phenoxy) is 1. The highest BCUT2D eigenvalue weighted by Crippen LogP contribution is 2.38. The lowest BCUT2D eigenvalue weighted by Gasteiger charge is -2.38. The summed E-state index contributed by atoms with van der Waals surface area (Å²) in [7, 11) is 0. The van der Waals surface area contributed by atoms with E-state index in [-0.39, 0.29) is 11.5 Å². The van der Waals surface area contributed by atoms with Gasteiger partial charge in [0, 0.05) is 37.4 Å². The highest BCUT2D eigenvalue weighted by molar-refractivity contribution is 7.99. The number of hydrogen-bond donors (Lipinski definition) is 2. The Labute approximate surface area is 119 Å². The second-order valence-electron chi connectivity index (χ2n) is 6.07. The molecular weight excluding hydrogens is 260 g/mol. The zero-order valence-corrected chi connectivity index (χ0v) is 12.3. The number of carbonyl (C=O) groups is 1. The molecule has 2 saturated heterocycles. The van der Waals surface area contributed by atoms with E-state index >= 15 is 0 Å². The Kier molecular flexibility index (Phi) is 4.34. The summed E-state index contributed by atoms with van der Waals surface area (Å²) in [6.45, 7) is 1.67. The molecule has 2 unspecified atom stereocenters. The molecule has 3 fully saturated rings. The highest BCUT2D eigenvalue weighted by Gasteiger charge is 2.40. The van der Waals surface area contributed by atoms with Crippen molar-refractivity contribution in [1.82, 2.24) is 10.6 Å². The molecule has 1 aliphatic carbocycles. The van der Waals surface area contributed by atoms with Gasteiger partial charge >= 0.3 is 0 Å². The Morgan fingerprint density at radius 1 is 1.32 bits per heavy atom. The van der Waals surface area contributed by atoms with E-state index in [4.69, 9.17) is 4.74 Å². The number of amides is 1. The van der Waals surface area contributed by atoms with E-state index in [2.05, 4.69) is 10.6 Å². The molecule has 19 heavy (non-hydrogen) atoms. The summed E-state index contributed by atoms with van der Waals surface area (Å²) in [6, 6.07) is 1.01. The predicted molar refractivity (Wildman–Crippen MR) is 77.4 cm³/mol. The van der Waals surface area contributed by atoms with Crippen molar-refractivity contribution in [3.8, 4) is 0 Å². The molecule has 1 amide bonds. The summed E-state index contributed by atoms with van der Waals surface area (Å²) >= 11 is 2.01. The van der Waals surface area contributed by atoms with Gasteiger partial charge in [-0.25, -0.2) is 0 Å². The maximum atomic E-state index is 11.6. The monoisotopic (exact) mass is 284 g/mol. The van der Waals surface area contributed by atoms with E-state index in [9.17, 15) is 4.79 Å². The zero-order valence-electron chi connectivity index (χ0n) is 11.5. The molecule has 2 atom stereocenters. The van der Waals surface area contributed by atoms with Crippen molar-refractivity contribution in [2.75, 3.05) is 24.7 Å². The van der Waals surface area contributed by atoms with Gasteiger partial charge in [-0.1, -0.05) is 0 Å². The van der Waals surface area contributed by atoms with Crippen molar-refractivity contribution >= 4 is 17.7 Å². The van der Waals surface area contributed by atoms with Crippen LogP contribution in [0.2, 0.25) is 0 Å². The maximum Gasteiger partial charge on any atom is 0.221 e. The first-order valence-electron chi connectivity index (χ1n) is 7.50. The third-order valence-electron chi connectivity index (χ3n) is 4.29. The van der Waals surface area contributed by atoms with Gasteiger partial charge in [0.1, 0.15) is 0 Å². The van der Waals surface area contributed by atoms with Gasteiger partial charge in [-0.3, -0.25) is 4.79 Å². The molecule has 0 radical (unpaired) electrons. The van der Waals surface area contributed by atoms with Crippen molar-refractivity contribution in [2.45, 2.75) is 56.2 Å². The number of rotatable bonds is 5. The number of hydrogen-bond acceptors (Lipinski definition) is 4. The van der Waals surface area contributed by atoms with E-state index in [1.165, 1.54) is 25.0 Å². The number of thioether (sulfide) groups is 1. The smallest absolute Gasteiger partial charge is 0.221 e. The lowest BCUT2D eigenvalue weighted by molar-refractivity contribution is -0.121. The van der Waals surface area contributed by atoms with Crippen LogP contribution in [0.1, 0.15) is 38.5 Å². The fourth-order valence-corrected chi connectivity index (χ4v) is 4.36. The fraction of sp³-hybridized carbons (Fsp3) is 0.929. The van der Waals surface area contributed by atoms with Crippen LogP contribution in [0, 0.1) is 0 Å². The van der Waals surface area contributed by atoms with E-state index in [0.29, 0.717) is 18.5 Å².